The van der Waals surface area contributed by atoms with Gasteiger partial charge in [-0.2, -0.15) is 8.78 Å². The minimum Gasteiger partial charge on any atom is -0.460 e. The molecule has 0 amide bonds. The fourth-order valence-corrected chi connectivity index (χ4v) is 4.27. The number of benzene rings is 2. The zero-order chi connectivity index (χ0) is 41.4. The third kappa shape index (κ3) is 22.9. The van der Waals surface area contributed by atoms with Crippen LogP contribution in [0.5, 0.6) is 5.75 Å². The number of ether oxygens (including phenoxy) is 11. The van der Waals surface area contributed by atoms with Gasteiger partial charge in [-0.25, -0.2) is 18.0 Å². The van der Waals surface area contributed by atoms with Crippen molar-refractivity contribution in [1.82, 2.24) is 0 Å². The molecule has 0 radical (unpaired) electrons. The maximum atomic E-state index is 13.6. The van der Waals surface area contributed by atoms with Crippen LogP contribution in [-0.2, 0) is 52.2 Å². The van der Waals surface area contributed by atoms with Gasteiger partial charge in [-0.05, 0) is 30.7 Å². The van der Waals surface area contributed by atoms with Crippen molar-refractivity contribution in [2.24, 2.45) is 0 Å². The van der Waals surface area contributed by atoms with E-state index in [2.05, 4.69) is 17.0 Å². The lowest BCUT2D eigenvalue weighted by molar-refractivity contribution is -0.136. The highest BCUT2D eigenvalue weighted by atomic mass is 19.2. The fraction of sp³-hybridized carbons (Fsp3) is 0.632. The molecule has 19 heteroatoms. The summed E-state index contributed by atoms with van der Waals surface area (Å²) in [6, 6.07) is 7.20. The standard InChI is InChI=1S/C38H54F5NO13/c1-2-3-9-44-30-6-4-29(5-7-30)38(46)56-28-27-55-26-25-54-24-23-53-22-21-52-20-19-51-18-17-50-16-15-49-14-13-48-12-11-47-10-8-31(45)57-37-35(42)33(40)32(39)34(41)36(37)43/h4-7,44H,2-3,8-28H2,1H3. The van der Waals surface area contributed by atoms with Gasteiger partial charge >= 0.3 is 11.9 Å². The Hall–Kier alpha value is -3.53. The van der Waals surface area contributed by atoms with Gasteiger partial charge in [0, 0.05) is 12.2 Å². The summed E-state index contributed by atoms with van der Waals surface area (Å²) in [6.45, 7) is 8.83. The largest absolute Gasteiger partial charge is 0.460 e. The normalized spacial score (nSPS) is 11.3. The molecule has 0 bridgehead atoms. The molecule has 2 aromatic rings. The smallest absolute Gasteiger partial charge is 0.338 e. The molecule has 2 rings (SSSR count). The van der Waals surface area contributed by atoms with E-state index in [1.165, 1.54) is 0 Å². The summed E-state index contributed by atoms with van der Waals surface area (Å²) in [5.74, 6) is -14.6. The van der Waals surface area contributed by atoms with Crippen molar-refractivity contribution < 1.29 is 83.6 Å². The predicted molar refractivity (Wildman–Crippen MR) is 194 cm³/mol. The first kappa shape index (κ1) is 49.6. The molecule has 57 heavy (non-hydrogen) atoms. The van der Waals surface area contributed by atoms with Crippen LogP contribution in [0.25, 0.3) is 0 Å². The molecule has 1 N–H and O–H groups in total. The molecular formula is C38H54F5NO13. The summed E-state index contributed by atoms with van der Waals surface area (Å²) in [5.41, 5.74) is 1.47. The first-order chi connectivity index (χ1) is 27.8. The number of unbranched alkanes of at least 4 members (excludes halogenated alkanes) is 1. The summed E-state index contributed by atoms with van der Waals surface area (Å²) >= 11 is 0. The van der Waals surface area contributed by atoms with Crippen molar-refractivity contribution in [2.75, 3.05) is 137 Å². The van der Waals surface area contributed by atoms with Crippen molar-refractivity contribution in [1.29, 1.82) is 0 Å². The number of hydrogen-bond acceptors (Lipinski definition) is 14. The van der Waals surface area contributed by atoms with Crippen LogP contribution in [0.1, 0.15) is 36.5 Å². The van der Waals surface area contributed by atoms with Crippen molar-refractivity contribution in [3.8, 4) is 5.75 Å². The van der Waals surface area contributed by atoms with Crippen LogP contribution >= 0.6 is 0 Å². The highest BCUT2D eigenvalue weighted by Gasteiger charge is 2.28. The molecule has 0 atom stereocenters. The SMILES string of the molecule is CCCCNc1ccc(C(=O)OCCOCCOCCOCCOCCOCCOCCOCCOCCOCCC(=O)Oc2c(F)c(F)c(F)c(F)c2F)cc1. The lowest BCUT2D eigenvalue weighted by Crippen LogP contribution is -2.16. The Labute approximate surface area is 329 Å². The van der Waals surface area contributed by atoms with E-state index in [4.69, 9.17) is 47.4 Å². The molecule has 0 aromatic heterocycles. The number of rotatable bonds is 36. The van der Waals surface area contributed by atoms with E-state index in [0.717, 1.165) is 25.1 Å². The molecule has 0 saturated carbocycles. The van der Waals surface area contributed by atoms with Gasteiger partial charge in [0.25, 0.3) is 0 Å². The fourth-order valence-electron chi connectivity index (χ4n) is 4.27. The zero-order valence-electron chi connectivity index (χ0n) is 32.3. The number of nitrogens with one attached hydrogen (secondary N) is 1. The lowest BCUT2D eigenvalue weighted by atomic mass is 10.2. The highest BCUT2D eigenvalue weighted by Crippen LogP contribution is 2.29. The number of esters is 2. The number of halogens is 5. The Balaban J connectivity index is 1.23. The Morgan fingerprint density at radius 2 is 0.842 bits per heavy atom. The third-order valence-electron chi connectivity index (χ3n) is 7.25. The topological polar surface area (TPSA) is 148 Å². The number of carbonyl (C=O) groups excluding carboxylic acids is 2. The molecule has 0 spiro atoms. The molecule has 0 fully saturated rings. The first-order valence-electron chi connectivity index (χ1n) is 18.7. The molecule has 0 saturated heterocycles. The second kappa shape index (κ2) is 32.4. The van der Waals surface area contributed by atoms with Gasteiger partial charge in [-0.3, -0.25) is 4.79 Å². The van der Waals surface area contributed by atoms with Crippen molar-refractivity contribution in [3.63, 3.8) is 0 Å². The summed E-state index contributed by atoms with van der Waals surface area (Å²) in [4.78, 5) is 23.8. The van der Waals surface area contributed by atoms with Crippen LogP contribution in [0.15, 0.2) is 24.3 Å². The zero-order valence-corrected chi connectivity index (χ0v) is 32.3. The average molecular weight is 828 g/mol. The highest BCUT2D eigenvalue weighted by molar-refractivity contribution is 5.89. The molecule has 2 aromatic carbocycles. The summed E-state index contributed by atoms with van der Waals surface area (Å²) in [7, 11) is 0. The van der Waals surface area contributed by atoms with Crippen LogP contribution in [0.3, 0.4) is 0 Å². The molecule has 0 aliphatic heterocycles. The molecule has 14 nitrogen and oxygen atoms in total. The van der Waals surface area contributed by atoms with Gasteiger partial charge in [0.15, 0.2) is 0 Å². The summed E-state index contributed by atoms with van der Waals surface area (Å²) in [6.07, 6.45) is 1.71. The minimum atomic E-state index is -2.35. The van der Waals surface area contributed by atoms with Crippen LogP contribution in [-0.4, -0.2) is 144 Å². The maximum Gasteiger partial charge on any atom is 0.338 e. The van der Waals surface area contributed by atoms with Gasteiger partial charge in [0.05, 0.1) is 131 Å². The monoisotopic (exact) mass is 827 g/mol. The minimum absolute atomic E-state index is 0.0737. The molecule has 324 valence electrons. The van der Waals surface area contributed by atoms with Gasteiger partial charge < -0.3 is 57.4 Å². The lowest BCUT2D eigenvalue weighted by Gasteiger charge is -2.09. The maximum absolute atomic E-state index is 13.6. The second-order valence-corrected chi connectivity index (χ2v) is 11.6. The molecule has 0 heterocycles. The number of hydrogen-bond donors (Lipinski definition) is 1. The first-order valence-corrected chi connectivity index (χ1v) is 18.7. The molecule has 0 aliphatic carbocycles. The van der Waals surface area contributed by atoms with E-state index in [9.17, 15) is 31.5 Å². The second-order valence-electron chi connectivity index (χ2n) is 11.6. The summed E-state index contributed by atoms with van der Waals surface area (Å²) in [5, 5.41) is 3.30. The van der Waals surface area contributed by atoms with E-state index in [1.54, 1.807) is 12.1 Å². The third-order valence-corrected chi connectivity index (χ3v) is 7.25. The van der Waals surface area contributed by atoms with E-state index < -0.39 is 47.2 Å². The molecular weight excluding hydrogens is 773 g/mol. The van der Waals surface area contributed by atoms with Crippen LogP contribution < -0.4 is 10.1 Å². The van der Waals surface area contributed by atoms with Crippen LogP contribution in [0.2, 0.25) is 0 Å². The van der Waals surface area contributed by atoms with E-state index in [-0.39, 0.29) is 45.6 Å². The number of anilines is 1. The van der Waals surface area contributed by atoms with Gasteiger partial charge in [-0.1, -0.05) is 13.3 Å². The van der Waals surface area contributed by atoms with Crippen molar-refractivity contribution in [3.05, 3.63) is 58.9 Å². The van der Waals surface area contributed by atoms with Gasteiger partial charge in [0.2, 0.25) is 34.8 Å². The predicted octanol–water partition coefficient (Wildman–Crippen LogP) is 4.90. The quantitative estimate of drug-likeness (QED) is 0.0248. The van der Waals surface area contributed by atoms with Crippen molar-refractivity contribution in [2.45, 2.75) is 26.2 Å². The Morgan fingerprint density at radius 1 is 0.491 bits per heavy atom. The van der Waals surface area contributed by atoms with Gasteiger partial charge in [-0.15, -0.1) is 0 Å². The van der Waals surface area contributed by atoms with Crippen LogP contribution in [0, 0.1) is 29.1 Å². The van der Waals surface area contributed by atoms with E-state index >= 15 is 0 Å². The molecule has 0 aliphatic rings. The average Bonchev–Trinajstić information content (AvgIpc) is 3.21. The Kier molecular flexibility index (Phi) is 28.2. The van der Waals surface area contributed by atoms with E-state index in [0.29, 0.717) is 91.5 Å². The van der Waals surface area contributed by atoms with E-state index in [1.807, 2.05) is 12.1 Å². The van der Waals surface area contributed by atoms with Crippen LogP contribution in [0.4, 0.5) is 27.6 Å². The van der Waals surface area contributed by atoms with Crippen molar-refractivity contribution >= 4 is 17.6 Å². The summed E-state index contributed by atoms with van der Waals surface area (Å²) < 4.78 is 124. The Bertz CT molecular complexity index is 1350. The van der Waals surface area contributed by atoms with Gasteiger partial charge in [0.1, 0.15) is 6.61 Å². The number of carbonyl (C=O) groups is 2. The Morgan fingerprint density at radius 3 is 1.23 bits per heavy atom. The molecule has 0 unspecified atom stereocenters.